The first-order valence-electron chi connectivity index (χ1n) is 6.66. The van der Waals surface area contributed by atoms with Gasteiger partial charge < -0.3 is 19.4 Å². The van der Waals surface area contributed by atoms with Crippen molar-refractivity contribution < 1.29 is 19.4 Å². The number of benzene rings is 2. The quantitative estimate of drug-likeness (QED) is 0.710. The van der Waals surface area contributed by atoms with Crippen molar-refractivity contribution in [2.24, 2.45) is 0 Å². The molecule has 5 nitrogen and oxygen atoms in total. The Hall–Kier alpha value is -2.95. The molecule has 5 heteroatoms. The second-order valence-corrected chi connectivity index (χ2v) is 4.90. The second-order valence-electron chi connectivity index (χ2n) is 4.90. The van der Waals surface area contributed by atoms with Crippen LogP contribution in [0, 0.1) is 6.92 Å². The number of ether oxygens (including phenoxy) is 1. The molecule has 0 unspecified atom stereocenters. The van der Waals surface area contributed by atoms with Gasteiger partial charge in [0.25, 0.3) is 0 Å². The molecule has 2 aromatic carbocycles. The van der Waals surface area contributed by atoms with E-state index in [0.29, 0.717) is 11.3 Å². The summed E-state index contributed by atoms with van der Waals surface area (Å²) < 4.78 is 10.7. The summed E-state index contributed by atoms with van der Waals surface area (Å²) in [5.74, 6) is -0.169. The van der Waals surface area contributed by atoms with Crippen LogP contribution in [0.5, 0.6) is 17.2 Å². The Morgan fingerprint density at radius 3 is 2.41 bits per heavy atom. The lowest BCUT2D eigenvalue weighted by atomic mass is 10.1. The molecular formula is C17H14O5. The van der Waals surface area contributed by atoms with Gasteiger partial charge in [0.2, 0.25) is 5.75 Å². The van der Waals surface area contributed by atoms with Crippen LogP contribution in [0.2, 0.25) is 0 Å². The van der Waals surface area contributed by atoms with Crippen molar-refractivity contribution in [3.63, 3.8) is 0 Å². The van der Waals surface area contributed by atoms with Gasteiger partial charge in [0.1, 0.15) is 16.9 Å². The van der Waals surface area contributed by atoms with E-state index in [1.165, 1.54) is 13.2 Å². The number of hydrogen-bond donors (Lipinski definition) is 2. The predicted octanol–water partition coefficient (Wildman–Crippen LogP) is 3.19. The molecule has 0 aliphatic heterocycles. The van der Waals surface area contributed by atoms with Gasteiger partial charge in [0, 0.05) is 17.2 Å². The second kappa shape index (κ2) is 5.11. The van der Waals surface area contributed by atoms with E-state index in [2.05, 4.69) is 0 Å². The lowest BCUT2D eigenvalue weighted by Crippen LogP contribution is -2.03. The van der Waals surface area contributed by atoms with Crippen LogP contribution < -0.4 is 10.2 Å². The Morgan fingerprint density at radius 1 is 1.09 bits per heavy atom. The fraction of sp³-hybridized carbons (Fsp3) is 0.118. The number of rotatable bonds is 2. The molecule has 0 radical (unpaired) electrons. The maximum Gasteiger partial charge on any atom is 0.202 e. The summed E-state index contributed by atoms with van der Waals surface area (Å²) in [5, 5.41) is 20.4. The summed E-state index contributed by atoms with van der Waals surface area (Å²) in [6, 6.07) is 10.3. The molecule has 0 aliphatic carbocycles. The summed E-state index contributed by atoms with van der Waals surface area (Å²) in [5.41, 5.74) is 0.456. The van der Waals surface area contributed by atoms with Gasteiger partial charge in [-0.05, 0) is 6.92 Å². The molecule has 3 rings (SSSR count). The molecule has 3 aromatic rings. The fourth-order valence-electron chi connectivity index (χ4n) is 2.45. The molecule has 1 aromatic heterocycles. The van der Waals surface area contributed by atoms with Crippen molar-refractivity contribution in [2.45, 2.75) is 6.92 Å². The molecular weight excluding hydrogens is 284 g/mol. The van der Waals surface area contributed by atoms with E-state index in [1.807, 2.05) is 18.2 Å². The summed E-state index contributed by atoms with van der Waals surface area (Å²) in [6.45, 7) is 1.55. The van der Waals surface area contributed by atoms with Gasteiger partial charge >= 0.3 is 0 Å². The van der Waals surface area contributed by atoms with E-state index < -0.39 is 5.43 Å². The highest BCUT2D eigenvalue weighted by Gasteiger charge is 2.21. The largest absolute Gasteiger partial charge is 0.507 e. The van der Waals surface area contributed by atoms with E-state index >= 15 is 0 Å². The van der Waals surface area contributed by atoms with Crippen molar-refractivity contribution in [3.05, 3.63) is 52.2 Å². The van der Waals surface area contributed by atoms with Gasteiger partial charge in [-0.15, -0.1) is 0 Å². The van der Waals surface area contributed by atoms with Gasteiger partial charge in [0.15, 0.2) is 16.8 Å². The molecule has 0 amide bonds. The molecule has 0 saturated carbocycles. The lowest BCUT2D eigenvalue weighted by molar-refractivity contribution is 0.364. The molecule has 0 fully saturated rings. The highest BCUT2D eigenvalue weighted by atomic mass is 16.5. The van der Waals surface area contributed by atoms with E-state index in [-0.39, 0.29) is 33.8 Å². The topological polar surface area (TPSA) is 79.9 Å². The first kappa shape index (κ1) is 14.0. The minimum Gasteiger partial charge on any atom is -0.507 e. The monoisotopic (exact) mass is 298 g/mol. The van der Waals surface area contributed by atoms with Crippen LogP contribution in [-0.4, -0.2) is 17.3 Å². The van der Waals surface area contributed by atoms with E-state index in [4.69, 9.17) is 9.15 Å². The summed E-state index contributed by atoms with van der Waals surface area (Å²) >= 11 is 0. The number of methoxy groups -OCH3 is 1. The Kier molecular flexibility index (Phi) is 3.25. The van der Waals surface area contributed by atoms with Gasteiger partial charge in [-0.1, -0.05) is 30.3 Å². The average Bonchev–Trinajstić information content (AvgIpc) is 2.53. The highest BCUT2D eigenvalue weighted by molar-refractivity contribution is 5.93. The van der Waals surface area contributed by atoms with E-state index in [9.17, 15) is 15.0 Å². The minimum absolute atomic E-state index is 0.0597. The number of fused-ring (bicyclic) bond motifs is 1. The van der Waals surface area contributed by atoms with Crippen molar-refractivity contribution in [2.75, 3.05) is 7.11 Å². The van der Waals surface area contributed by atoms with Crippen LogP contribution in [0.1, 0.15) is 5.56 Å². The highest BCUT2D eigenvalue weighted by Crippen LogP contribution is 2.43. The van der Waals surface area contributed by atoms with Gasteiger partial charge in [0.05, 0.1) is 7.11 Å². The van der Waals surface area contributed by atoms with E-state index in [0.717, 1.165) is 0 Å². The Morgan fingerprint density at radius 2 is 1.77 bits per heavy atom. The third kappa shape index (κ3) is 1.98. The van der Waals surface area contributed by atoms with Crippen LogP contribution in [-0.2, 0) is 0 Å². The molecule has 22 heavy (non-hydrogen) atoms. The van der Waals surface area contributed by atoms with Crippen molar-refractivity contribution in [1.29, 1.82) is 0 Å². The van der Waals surface area contributed by atoms with E-state index in [1.54, 1.807) is 19.1 Å². The number of phenolic OH excluding ortho intramolecular Hbond substituents is 2. The first-order valence-corrected chi connectivity index (χ1v) is 6.66. The van der Waals surface area contributed by atoms with Crippen molar-refractivity contribution >= 4 is 11.0 Å². The third-order valence-corrected chi connectivity index (χ3v) is 3.57. The zero-order valence-corrected chi connectivity index (χ0v) is 12.1. The maximum atomic E-state index is 12.3. The zero-order valence-electron chi connectivity index (χ0n) is 12.1. The van der Waals surface area contributed by atoms with Gasteiger partial charge in [-0.3, -0.25) is 4.79 Å². The minimum atomic E-state index is -0.432. The standard InChI is InChI=1S/C17H14O5/c1-9-14(19)13-11(18)8-12(10-6-4-3-5-7-10)22-17(13)15(20)16(9)21-2/h3-8,19-20H,1-2H3. The SMILES string of the molecule is COc1c(C)c(O)c2c(=O)cc(-c3ccccc3)oc2c1O. The van der Waals surface area contributed by atoms with Crippen LogP contribution >= 0.6 is 0 Å². The zero-order chi connectivity index (χ0) is 15.9. The maximum absolute atomic E-state index is 12.3. The molecule has 0 aliphatic rings. The van der Waals surface area contributed by atoms with Crippen molar-refractivity contribution in [3.8, 4) is 28.6 Å². The van der Waals surface area contributed by atoms with Crippen LogP contribution in [0.25, 0.3) is 22.3 Å². The van der Waals surface area contributed by atoms with Crippen LogP contribution in [0.15, 0.2) is 45.6 Å². The van der Waals surface area contributed by atoms with Gasteiger partial charge in [-0.2, -0.15) is 0 Å². The molecule has 2 N–H and O–H groups in total. The molecule has 112 valence electrons. The molecule has 0 bridgehead atoms. The third-order valence-electron chi connectivity index (χ3n) is 3.57. The van der Waals surface area contributed by atoms with Crippen LogP contribution in [0.4, 0.5) is 0 Å². The lowest BCUT2D eigenvalue weighted by Gasteiger charge is -2.12. The van der Waals surface area contributed by atoms with Gasteiger partial charge in [-0.25, -0.2) is 0 Å². The van der Waals surface area contributed by atoms with Crippen molar-refractivity contribution in [1.82, 2.24) is 0 Å². The first-order chi connectivity index (χ1) is 10.5. The smallest absolute Gasteiger partial charge is 0.202 e. The summed E-state index contributed by atoms with van der Waals surface area (Å²) in [4.78, 5) is 12.3. The summed E-state index contributed by atoms with van der Waals surface area (Å²) in [6.07, 6.45) is 0. The predicted molar refractivity (Wildman–Crippen MR) is 82.5 cm³/mol. The number of aromatic hydroxyl groups is 2. The number of hydrogen-bond acceptors (Lipinski definition) is 5. The molecule has 0 saturated heterocycles. The molecule has 1 heterocycles. The Labute approximate surface area is 126 Å². The average molecular weight is 298 g/mol. The fourth-order valence-corrected chi connectivity index (χ4v) is 2.45. The normalized spacial score (nSPS) is 10.8. The number of phenols is 2. The summed E-state index contributed by atoms with van der Waals surface area (Å²) in [7, 11) is 1.37. The Balaban J connectivity index is 2.42. The molecule has 0 atom stereocenters. The molecule has 0 spiro atoms. The Bertz CT molecular complexity index is 910. The van der Waals surface area contributed by atoms with Crippen LogP contribution in [0.3, 0.4) is 0 Å².